The summed E-state index contributed by atoms with van der Waals surface area (Å²) in [5, 5.41) is 11.1. The van der Waals surface area contributed by atoms with Gasteiger partial charge in [0.2, 0.25) is 0 Å². The summed E-state index contributed by atoms with van der Waals surface area (Å²) < 4.78 is 5.47. The van der Waals surface area contributed by atoms with Gasteiger partial charge in [-0.05, 0) is 26.2 Å². The van der Waals surface area contributed by atoms with Gasteiger partial charge >= 0.3 is 0 Å². The summed E-state index contributed by atoms with van der Waals surface area (Å²) in [7, 11) is 0. The first kappa shape index (κ1) is 9.00. The van der Waals surface area contributed by atoms with Gasteiger partial charge in [-0.15, -0.1) is 0 Å². The molecule has 1 saturated heterocycles. The molecule has 2 rings (SSSR count). The van der Waals surface area contributed by atoms with Crippen molar-refractivity contribution in [3.8, 4) is 0 Å². The number of ether oxygens (including phenoxy) is 1. The minimum Gasteiger partial charge on any atom is -0.547 e. The third kappa shape index (κ3) is 0.810. The standard InChI is InChI=1S/C10H16O3/c1-8(2)5-4-6-9(3)10(8,13-9)7(11)12/h4-6H2,1-3H3,(H,11,12)/p-1. The van der Waals surface area contributed by atoms with Gasteiger partial charge in [-0.3, -0.25) is 0 Å². The number of epoxide rings is 1. The minimum absolute atomic E-state index is 0.293. The molecule has 0 N–H and O–H groups in total. The molecule has 0 aromatic carbocycles. The second kappa shape index (κ2) is 2.08. The second-order valence-corrected chi connectivity index (χ2v) is 5.04. The maximum Gasteiger partial charge on any atom is 0.142 e. The van der Waals surface area contributed by atoms with Gasteiger partial charge < -0.3 is 14.6 Å². The molecule has 0 bridgehead atoms. The summed E-state index contributed by atoms with van der Waals surface area (Å²) in [6, 6.07) is 0. The van der Waals surface area contributed by atoms with E-state index in [1.807, 2.05) is 20.8 Å². The Balaban J connectivity index is 2.41. The largest absolute Gasteiger partial charge is 0.547 e. The molecule has 0 aromatic heterocycles. The van der Waals surface area contributed by atoms with Gasteiger partial charge in [0.15, 0.2) is 0 Å². The number of fused-ring (bicyclic) bond motifs is 1. The Hall–Kier alpha value is -0.570. The molecule has 0 aromatic rings. The third-order valence-corrected chi connectivity index (χ3v) is 3.78. The maximum absolute atomic E-state index is 11.1. The molecule has 0 spiro atoms. The van der Waals surface area contributed by atoms with E-state index in [1.54, 1.807) is 0 Å². The molecular formula is C10H15O3-. The summed E-state index contributed by atoms with van der Waals surface area (Å²) in [5.41, 5.74) is -1.77. The van der Waals surface area contributed by atoms with Gasteiger partial charge in [-0.25, -0.2) is 0 Å². The lowest BCUT2D eigenvalue weighted by molar-refractivity contribution is -0.317. The second-order valence-electron chi connectivity index (χ2n) is 5.04. The van der Waals surface area contributed by atoms with E-state index in [-0.39, 0.29) is 5.41 Å². The molecule has 1 saturated carbocycles. The zero-order valence-corrected chi connectivity index (χ0v) is 8.35. The van der Waals surface area contributed by atoms with Gasteiger partial charge in [0.25, 0.3) is 0 Å². The van der Waals surface area contributed by atoms with Gasteiger partial charge in [0, 0.05) is 5.41 Å². The molecule has 2 unspecified atom stereocenters. The first-order valence-electron chi connectivity index (χ1n) is 4.77. The Labute approximate surface area is 78.1 Å². The first-order valence-corrected chi connectivity index (χ1v) is 4.77. The van der Waals surface area contributed by atoms with Crippen LogP contribution in [0.4, 0.5) is 0 Å². The average molecular weight is 183 g/mol. The van der Waals surface area contributed by atoms with Crippen molar-refractivity contribution in [3.63, 3.8) is 0 Å². The number of carbonyl (C=O) groups is 1. The van der Waals surface area contributed by atoms with Crippen molar-refractivity contribution in [2.24, 2.45) is 5.41 Å². The highest BCUT2D eigenvalue weighted by Gasteiger charge is 2.75. The molecule has 1 aliphatic heterocycles. The third-order valence-electron chi connectivity index (χ3n) is 3.78. The Morgan fingerprint density at radius 3 is 2.31 bits per heavy atom. The van der Waals surface area contributed by atoms with E-state index in [4.69, 9.17) is 4.74 Å². The van der Waals surface area contributed by atoms with E-state index in [9.17, 15) is 9.90 Å². The highest BCUT2D eigenvalue weighted by molar-refractivity contribution is 5.82. The van der Waals surface area contributed by atoms with Gasteiger partial charge in [0.05, 0.1) is 5.97 Å². The van der Waals surface area contributed by atoms with Crippen molar-refractivity contribution in [1.29, 1.82) is 0 Å². The van der Waals surface area contributed by atoms with Gasteiger partial charge in [-0.1, -0.05) is 13.8 Å². The predicted octanol–water partition coefficient (Wildman–Crippen LogP) is 0.474. The van der Waals surface area contributed by atoms with E-state index in [0.29, 0.717) is 0 Å². The van der Waals surface area contributed by atoms with Crippen LogP contribution < -0.4 is 5.11 Å². The van der Waals surface area contributed by atoms with Gasteiger partial charge in [-0.2, -0.15) is 0 Å². The van der Waals surface area contributed by atoms with Crippen LogP contribution in [0.3, 0.4) is 0 Å². The fourth-order valence-electron chi connectivity index (χ4n) is 2.97. The molecule has 74 valence electrons. The summed E-state index contributed by atoms with van der Waals surface area (Å²) in [5.74, 6) is -1.04. The summed E-state index contributed by atoms with van der Waals surface area (Å²) in [6.07, 6.45) is 2.78. The molecule has 2 aliphatic rings. The molecule has 0 radical (unpaired) electrons. The average Bonchev–Trinajstić information content (AvgIpc) is 2.58. The first-order chi connectivity index (χ1) is 5.86. The summed E-state index contributed by atoms with van der Waals surface area (Å²) in [4.78, 5) is 11.1. The Bertz CT molecular complexity index is 271. The number of rotatable bonds is 1. The minimum atomic E-state index is -1.04. The van der Waals surface area contributed by atoms with Crippen molar-refractivity contribution < 1.29 is 14.6 Å². The summed E-state index contributed by atoms with van der Waals surface area (Å²) >= 11 is 0. The SMILES string of the molecule is CC1(C)CCCC2(C)OC12C(=O)[O-]. The molecule has 2 fully saturated rings. The van der Waals surface area contributed by atoms with E-state index < -0.39 is 17.2 Å². The number of carboxylic acid groups (broad SMARTS) is 1. The zero-order valence-electron chi connectivity index (χ0n) is 8.35. The monoisotopic (exact) mass is 183 g/mol. The Kier molecular flexibility index (Phi) is 1.44. The van der Waals surface area contributed by atoms with E-state index in [1.165, 1.54) is 0 Å². The number of carboxylic acids is 1. The van der Waals surface area contributed by atoms with Crippen molar-refractivity contribution >= 4 is 5.97 Å². The van der Waals surface area contributed by atoms with Crippen molar-refractivity contribution in [1.82, 2.24) is 0 Å². The number of aliphatic carboxylic acids is 1. The van der Waals surface area contributed by atoms with Crippen molar-refractivity contribution in [2.45, 2.75) is 51.2 Å². The quantitative estimate of drug-likeness (QED) is 0.555. The molecule has 2 atom stereocenters. The van der Waals surface area contributed by atoms with Crippen LogP contribution in [-0.4, -0.2) is 17.2 Å². The van der Waals surface area contributed by atoms with Gasteiger partial charge in [0.1, 0.15) is 11.2 Å². The van der Waals surface area contributed by atoms with Crippen LogP contribution in [-0.2, 0) is 9.53 Å². The highest BCUT2D eigenvalue weighted by Crippen LogP contribution is 2.64. The Morgan fingerprint density at radius 2 is 1.92 bits per heavy atom. The smallest absolute Gasteiger partial charge is 0.142 e. The summed E-state index contributed by atoms with van der Waals surface area (Å²) in [6.45, 7) is 5.78. The zero-order chi connectivity index (χ0) is 9.91. The topological polar surface area (TPSA) is 52.7 Å². The molecule has 1 heterocycles. The van der Waals surface area contributed by atoms with E-state index in [0.717, 1.165) is 19.3 Å². The lowest BCUT2D eigenvalue weighted by Crippen LogP contribution is -2.54. The van der Waals surface area contributed by atoms with Crippen LogP contribution in [0.25, 0.3) is 0 Å². The Morgan fingerprint density at radius 1 is 1.31 bits per heavy atom. The highest BCUT2D eigenvalue weighted by atomic mass is 16.7. The lowest BCUT2D eigenvalue weighted by atomic mass is 9.64. The molecule has 1 aliphatic carbocycles. The number of carbonyl (C=O) groups excluding carboxylic acids is 1. The molecular weight excluding hydrogens is 168 g/mol. The molecule has 3 heteroatoms. The van der Waals surface area contributed by atoms with E-state index >= 15 is 0 Å². The number of hydrogen-bond donors (Lipinski definition) is 0. The molecule has 0 amide bonds. The van der Waals surface area contributed by atoms with Crippen LogP contribution in [0.15, 0.2) is 0 Å². The fraction of sp³-hybridized carbons (Fsp3) is 0.900. The normalized spacial score (nSPS) is 46.7. The lowest BCUT2D eigenvalue weighted by Gasteiger charge is -2.38. The molecule has 3 nitrogen and oxygen atoms in total. The fourth-order valence-corrected chi connectivity index (χ4v) is 2.97. The van der Waals surface area contributed by atoms with E-state index in [2.05, 4.69) is 0 Å². The van der Waals surface area contributed by atoms with Crippen LogP contribution in [0.1, 0.15) is 40.0 Å². The van der Waals surface area contributed by atoms with Crippen LogP contribution in [0.2, 0.25) is 0 Å². The van der Waals surface area contributed by atoms with Crippen LogP contribution in [0, 0.1) is 5.41 Å². The van der Waals surface area contributed by atoms with Crippen molar-refractivity contribution in [3.05, 3.63) is 0 Å². The maximum atomic E-state index is 11.1. The van der Waals surface area contributed by atoms with Crippen molar-refractivity contribution in [2.75, 3.05) is 0 Å². The predicted molar refractivity (Wildman–Crippen MR) is 44.9 cm³/mol. The number of hydrogen-bond acceptors (Lipinski definition) is 3. The van der Waals surface area contributed by atoms with Crippen LogP contribution in [0.5, 0.6) is 0 Å². The molecule has 13 heavy (non-hydrogen) atoms. The van der Waals surface area contributed by atoms with Crippen LogP contribution >= 0.6 is 0 Å².